The molecule has 1 unspecified atom stereocenters. The minimum Gasteiger partial charge on any atom is -0.484 e. The largest absolute Gasteiger partial charge is 0.484 e. The minimum absolute atomic E-state index is 0.0483. The number of hydrogen-bond donors (Lipinski definition) is 0. The van der Waals surface area contributed by atoms with Gasteiger partial charge in [0.05, 0.1) is 13.0 Å². The summed E-state index contributed by atoms with van der Waals surface area (Å²) in [6, 6.07) is 5.81. The van der Waals surface area contributed by atoms with Gasteiger partial charge in [0, 0.05) is 13.6 Å². The molecule has 1 aromatic carbocycles. The number of carbonyl (C=O) groups excluding carboxylic acids is 2. The summed E-state index contributed by atoms with van der Waals surface area (Å²) in [7, 11) is 2.98. The van der Waals surface area contributed by atoms with Crippen molar-refractivity contribution in [3.8, 4) is 5.75 Å². The number of likely N-dealkylation sites (N-methyl/N-ethyl adjacent to an activating group) is 1. The summed E-state index contributed by atoms with van der Waals surface area (Å²) in [5.41, 5.74) is 2.18. The van der Waals surface area contributed by atoms with Gasteiger partial charge in [-0.2, -0.15) is 0 Å². The maximum atomic E-state index is 12.0. The van der Waals surface area contributed by atoms with E-state index < -0.39 is 0 Å². The number of methoxy groups -OCH3 is 1. The standard InChI is InChI=1S/C16H23NO4/c1-11-6-12(2)8-14(7-11)21-10-15(18)17(4)9-13(3)16(19)20-5/h6-8,13H,9-10H2,1-5H3. The molecule has 0 fully saturated rings. The van der Waals surface area contributed by atoms with Gasteiger partial charge in [-0.25, -0.2) is 0 Å². The lowest BCUT2D eigenvalue weighted by atomic mass is 10.1. The molecule has 0 saturated carbocycles. The summed E-state index contributed by atoms with van der Waals surface area (Å²) in [5.74, 6) is -0.185. The molecule has 0 aromatic heterocycles. The number of ether oxygens (including phenoxy) is 2. The Kier molecular flexibility index (Phi) is 6.21. The molecule has 5 heteroatoms. The number of esters is 1. The van der Waals surface area contributed by atoms with Crippen molar-refractivity contribution in [2.45, 2.75) is 20.8 Å². The van der Waals surface area contributed by atoms with Crippen LogP contribution in [0, 0.1) is 19.8 Å². The van der Waals surface area contributed by atoms with E-state index in [2.05, 4.69) is 4.74 Å². The Bertz CT molecular complexity index is 493. The highest BCUT2D eigenvalue weighted by atomic mass is 16.5. The fourth-order valence-corrected chi connectivity index (χ4v) is 2.06. The van der Waals surface area contributed by atoms with Crippen LogP contribution in [0.15, 0.2) is 18.2 Å². The lowest BCUT2D eigenvalue weighted by Gasteiger charge is -2.20. The highest BCUT2D eigenvalue weighted by Gasteiger charge is 2.18. The van der Waals surface area contributed by atoms with Crippen LogP contribution in [0.3, 0.4) is 0 Å². The lowest BCUT2D eigenvalue weighted by Crippen LogP contribution is -2.37. The average Bonchev–Trinajstić information content (AvgIpc) is 2.42. The fourth-order valence-electron chi connectivity index (χ4n) is 2.06. The molecule has 0 saturated heterocycles. The van der Waals surface area contributed by atoms with Crippen LogP contribution < -0.4 is 4.74 Å². The third-order valence-electron chi connectivity index (χ3n) is 3.13. The predicted molar refractivity (Wildman–Crippen MR) is 80.2 cm³/mol. The number of carbonyl (C=O) groups is 2. The smallest absolute Gasteiger partial charge is 0.310 e. The van der Waals surface area contributed by atoms with Gasteiger partial charge in [0.1, 0.15) is 5.75 Å². The molecule has 21 heavy (non-hydrogen) atoms. The first-order valence-corrected chi connectivity index (χ1v) is 6.86. The van der Waals surface area contributed by atoms with Crippen molar-refractivity contribution in [2.24, 2.45) is 5.92 Å². The van der Waals surface area contributed by atoms with E-state index in [-0.39, 0.29) is 24.4 Å². The molecule has 5 nitrogen and oxygen atoms in total. The first-order valence-electron chi connectivity index (χ1n) is 6.86. The van der Waals surface area contributed by atoms with Gasteiger partial charge in [-0.05, 0) is 37.1 Å². The second kappa shape index (κ2) is 7.67. The van der Waals surface area contributed by atoms with Crippen molar-refractivity contribution in [3.63, 3.8) is 0 Å². The number of aryl methyl sites for hydroxylation is 2. The third kappa shape index (κ3) is 5.45. The summed E-state index contributed by atoms with van der Waals surface area (Å²) >= 11 is 0. The zero-order chi connectivity index (χ0) is 16.0. The monoisotopic (exact) mass is 293 g/mol. The second-order valence-electron chi connectivity index (χ2n) is 5.31. The van der Waals surface area contributed by atoms with E-state index in [4.69, 9.17) is 4.74 Å². The zero-order valence-electron chi connectivity index (χ0n) is 13.3. The number of nitrogens with zero attached hydrogens (tertiary/aromatic N) is 1. The van der Waals surface area contributed by atoms with Gasteiger partial charge < -0.3 is 14.4 Å². The van der Waals surface area contributed by atoms with Crippen LogP contribution in [0.1, 0.15) is 18.1 Å². The molecule has 0 bridgehead atoms. The highest BCUT2D eigenvalue weighted by Crippen LogP contribution is 2.16. The van der Waals surface area contributed by atoms with Gasteiger partial charge in [0.2, 0.25) is 0 Å². The number of benzene rings is 1. The normalized spacial score (nSPS) is 11.7. The van der Waals surface area contributed by atoms with Gasteiger partial charge in [-0.1, -0.05) is 13.0 Å². The van der Waals surface area contributed by atoms with Crippen LogP contribution in [-0.2, 0) is 14.3 Å². The molecular formula is C16H23NO4. The minimum atomic E-state index is -0.356. The van der Waals surface area contributed by atoms with Gasteiger partial charge in [0.25, 0.3) is 5.91 Å². The number of amides is 1. The molecule has 1 atom stereocenters. The molecule has 116 valence electrons. The number of hydrogen-bond acceptors (Lipinski definition) is 4. The van der Waals surface area contributed by atoms with Crippen molar-refractivity contribution < 1.29 is 19.1 Å². The molecule has 0 aliphatic rings. The van der Waals surface area contributed by atoms with Gasteiger partial charge in [-0.3, -0.25) is 9.59 Å². The fraction of sp³-hybridized carbons (Fsp3) is 0.500. The first kappa shape index (κ1) is 17.0. The van der Waals surface area contributed by atoms with Gasteiger partial charge in [0.15, 0.2) is 6.61 Å². The molecule has 0 spiro atoms. The summed E-state index contributed by atoms with van der Waals surface area (Å²) in [4.78, 5) is 24.8. The molecule has 1 aromatic rings. The zero-order valence-corrected chi connectivity index (χ0v) is 13.3. The van der Waals surface area contributed by atoms with Crippen LogP contribution in [-0.4, -0.2) is 44.1 Å². The molecule has 1 amide bonds. The van der Waals surface area contributed by atoms with Crippen molar-refractivity contribution in [1.82, 2.24) is 4.90 Å². The molecule has 0 N–H and O–H groups in total. The topological polar surface area (TPSA) is 55.8 Å². The van der Waals surface area contributed by atoms with Gasteiger partial charge >= 0.3 is 5.97 Å². The Labute approximate surface area is 125 Å². The molecule has 0 radical (unpaired) electrons. The summed E-state index contributed by atoms with van der Waals surface area (Å²) < 4.78 is 10.2. The SMILES string of the molecule is COC(=O)C(C)CN(C)C(=O)COc1cc(C)cc(C)c1. The summed E-state index contributed by atoms with van der Waals surface area (Å²) in [6.07, 6.45) is 0. The van der Waals surface area contributed by atoms with E-state index in [0.717, 1.165) is 11.1 Å². The predicted octanol–water partition coefficient (Wildman–Crippen LogP) is 1.95. The first-order chi connectivity index (χ1) is 9.83. The third-order valence-corrected chi connectivity index (χ3v) is 3.13. The lowest BCUT2D eigenvalue weighted by molar-refractivity contribution is -0.146. The number of rotatable bonds is 6. The molecule has 1 rings (SSSR count). The second-order valence-corrected chi connectivity index (χ2v) is 5.31. The maximum Gasteiger partial charge on any atom is 0.310 e. The van der Waals surface area contributed by atoms with Crippen LogP contribution >= 0.6 is 0 Å². The Balaban J connectivity index is 2.51. The Morgan fingerprint density at radius 1 is 1.19 bits per heavy atom. The van der Waals surface area contributed by atoms with Crippen LogP contribution in [0.5, 0.6) is 5.75 Å². The Hall–Kier alpha value is -2.04. The van der Waals surface area contributed by atoms with Gasteiger partial charge in [-0.15, -0.1) is 0 Å². The van der Waals surface area contributed by atoms with Crippen LogP contribution in [0.2, 0.25) is 0 Å². The van der Waals surface area contributed by atoms with Crippen molar-refractivity contribution >= 4 is 11.9 Å². The molecular weight excluding hydrogens is 270 g/mol. The van der Waals surface area contributed by atoms with Crippen LogP contribution in [0.4, 0.5) is 0 Å². The molecule has 0 aliphatic carbocycles. The van der Waals surface area contributed by atoms with E-state index in [1.165, 1.54) is 12.0 Å². The average molecular weight is 293 g/mol. The molecule has 0 heterocycles. The van der Waals surface area contributed by atoms with Crippen LogP contribution in [0.25, 0.3) is 0 Å². The van der Waals surface area contributed by atoms with Crippen molar-refractivity contribution in [2.75, 3.05) is 27.3 Å². The quantitative estimate of drug-likeness (QED) is 0.752. The molecule has 0 aliphatic heterocycles. The van der Waals surface area contributed by atoms with E-state index in [1.807, 2.05) is 32.0 Å². The van der Waals surface area contributed by atoms with E-state index in [9.17, 15) is 9.59 Å². The van der Waals surface area contributed by atoms with Crippen molar-refractivity contribution in [3.05, 3.63) is 29.3 Å². The Morgan fingerprint density at radius 3 is 2.29 bits per heavy atom. The highest BCUT2D eigenvalue weighted by molar-refractivity contribution is 5.79. The Morgan fingerprint density at radius 2 is 1.76 bits per heavy atom. The van der Waals surface area contributed by atoms with E-state index in [0.29, 0.717) is 12.3 Å². The summed E-state index contributed by atoms with van der Waals surface area (Å²) in [6.45, 7) is 5.94. The van der Waals surface area contributed by atoms with Crippen molar-refractivity contribution in [1.29, 1.82) is 0 Å². The maximum absolute atomic E-state index is 12.0. The van der Waals surface area contributed by atoms with E-state index in [1.54, 1.807) is 14.0 Å². The van der Waals surface area contributed by atoms with E-state index >= 15 is 0 Å². The summed E-state index contributed by atoms with van der Waals surface area (Å²) in [5, 5.41) is 0.